The first-order valence-electron chi connectivity index (χ1n) is 9.39. The highest BCUT2D eigenvalue weighted by Crippen LogP contribution is 2.34. The molecule has 0 aromatic heterocycles. The molecule has 0 saturated heterocycles. The fourth-order valence-electron chi connectivity index (χ4n) is 3.08. The standard InChI is InChI=1S/C22H20N2O6S/c1-28-16-7-9-17(10-8-16)31(26,27)21-5-3-2-4-18(21)23-13-22(25)24-15-6-11-19-20(12-15)30-14-29-19/h2-12,23H,13-14H2,1H3,(H,24,25). The third-order valence-electron chi connectivity index (χ3n) is 4.64. The number of anilines is 2. The fourth-order valence-corrected chi connectivity index (χ4v) is 4.52. The van der Waals surface area contributed by atoms with Crippen molar-refractivity contribution >= 4 is 27.1 Å². The zero-order valence-corrected chi connectivity index (χ0v) is 17.4. The maximum atomic E-state index is 13.1. The highest BCUT2D eigenvalue weighted by atomic mass is 32.2. The number of sulfone groups is 1. The van der Waals surface area contributed by atoms with E-state index in [9.17, 15) is 13.2 Å². The Balaban J connectivity index is 1.47. The van der Waals surface area contributed by atoms with Crippen LogP contribution in [0.1, 0.15) is 0 Å². The summed E-state index contributed by atoms with van der Waals surface area (Å²) in [5.74, 6) is 1.40. The molecular formula is C22H20N2O6S. The summed E-state index contributed by atoms with van der Waals surface area (Å²) in [6.45, 7) is 0.0251. The van der Waals surface area contributed by atoms with Gasteiger partial charge in [0.2, 0.25) is 22.5 Å². The second kappa shape index (κ2) is 8.57. The summed E-state index contributed by atoms with van der Waals surface area (Å²) in [6, 6.07) is 17.7. The highest BCUT2D eigenvalue weighted by Gasteiger charge is 2.21. The Hall–Kier alpha value is -3.72. The number of rotatable bonds is 7. The monoisotopic (exact) mass is 440 g/mol. The number of carbonyl (C=O) groups is 1. The van der Waals surface area contributed by atoms with Gasteiger partial charge < -0.3 is 24.8 Å². The van der Waals surface area contributed by atoms with Gasteiger partial charge >= 0.3 is 0 Å². The minimum absolute atomic E-state index is 0.0797. The first-order chi connectivity index (χ1) is 15.0. The third kappa shape index (κ3) is 4.41. The summed E-state index contributed by atoms with van der Waals surface area (Å²) in [7, 11) is -2.28. The number of benzene rings is 3. The SMILES string of the molecule is COc1ccc(S(=O)(=O)c2ccccc2NCC(=O)Nc2ccc3c(c2)OCO3)cc1. The van der Waals surface area contributed by atoms with Crippen molar-refractivity contribution in [1.29, 1.82) is 0 Å². The van der Waals surface area contributed by atoms with E-state index in [1.807, 2.05) is 0 Å². The zero-order chi connectivity index (χ0) is 21.8. The van der Waals surface area contributed by atoms with Gasteiger partial charge in [0.1, 0.15) is 5.75 Å². The van der Waals surface area contributed by atoms with Crippen molar-refractivity contribution in [2.75, 3.05) is 31.1 Å². The molecule has 0 fully saturated rings. The second-order valence-corrected chi connectivity index (χ2v) is 8.56. The van der Waals surface area contributed by atoms with Gasteiger partial charge in [-0.2, -0.15) is 0 Å². The molecule has 0 radical (unpaired) electrons. The number of hydrogen-bond donors (Lipinski definition) is 2. The molecule has 1 aliphatic rings. The molecule has 3 aromatic rings. The van der Waals surface area contributed by atoms with Crippen LogP contribution in [-0.4, -0.2) is 34.8 Å². The van der Waals surface area contributed by atoms with Crippen LogP contribution in [0.2, 0.25) is 0 Å². The van der Waals surface area contributed by atoms with Gasteiger partial charge in [0, 0.05) is 11.8 Å². The number of fused-ring (bicyclic) bond motifs is 1. The Morgan fingerprint density at radius 1 is 1.00 bits per heavy atom. The lowest BCUT2D eigenvalue weighted by Crippen LogP contribution is -2.22. The summed E-state index contributed by atoms with van der Waals surface area (Å²) < 4.78 is 41.8. The minimum atomic E-state index is -3.79. The molecule has 0 spiro atoms. The molecule has 9 heteroatoms. The van der Waals surface area contributed by atoms with E-state index in [1.165, 1.54) is 25.3 Å². The lowest BCUT2D eigenvalue weighted by Gasteiger charge is -2.13. The van der Waals surface area contributed by atoms with Crippen LogP contribution in [0.15, 0.2) is 76.5 Å². The van der Waals surface area contributed by atoms with E-state index in [2.05, 4.69) is 10.6 Å². The smallest absolute Gasteiger partial charge is 0.243 e. The van der Waals surface area contributed by atoms with Crippen LogP contribution in [0.3, 0.4) is 0 Å². The Morgan fingerprint density at radius 2 is 1.74 bits per heavy atom. The summed E-state index contributed by atoms with van der Waals surface area (Å²) in [4.78, 5) is 12.6. The first-order valence-corrected chi connectivity index (χ1v) is 10.9. The predicted octanol–water partition coefficient (Wildman–Crippen LogP) is 3.31. The molecule has 31 heavy (non-hydrogen) atoms. The highest BCUT2D eigenvalue weighted by molar-refractivity contribution is 7.91. The largest absolute Gasteiger partial charge is 0.497 e. The van der Waals surface area contributed by atoms with Gasteiger partial charge in [-0.1, -0.05) is 12.1 Å². The average Bonchev–Trinajstić information content (AvgIpc) is 3.26. The lowest BCUT2D eigenvalue weighted by atomic mass is 10.2. The Morgan fingerprint density at radius 3 is 2.52 bits per heavy atom. The molecule has 3 aromatic carbocycles. The molecule has 1 amide bonds. The van der Waals surface area contributed by atoms with Crippen molar-refractivity contribution in [3.05, 3.63) is 66.7 Å². The van der Waals surface area contributed by atoms with E-state index in [1.54, 1.807) is 48.5 Å². The second-order valence-electron chi connectivity index (χ2n) is 6.64. The number of para-hydroxylation sites is 1. The van der Waals surface area contributed by atoms with Gasteiger partial charge in [-0.25, -0.2) is 8.42 Å². The average molecular weight is 440 g/mol. The van der Waals surface area contributed by atoms with Crippen LogP contribution >= 0.6 is 0 Å². The fraction of sp³-hybridized carbons (Fsp3) is 0.136. The molecule has 1 heterocycles. The molecule has 160 valence electrons. The van der Waals surface area contributed by atoms with E-state index in [-0.39, 0.29) is 29.0 Å². The van der Waals surface area contributed by atoms with Crippen LogP contribution in [0.5, 0.6) is 17.2 Å². The molecule has 0 bridgehead atoms. The number of amides is 1. The van der Waals surface area contributed by atoms with Crippen LogP contribution in [0.4, 0.5) is 11.4 Å². The minimum Gasteiger partial charge on any atom is -0.497 e. The van der Waals surface area contributed by atoms with Crippen LogP contribution in [0, 0.1) is 0 Å². The topological polar surface area (TPSA) is 103 Å². The molecule has 0 saturated carbocycles. The van der Waals surface area contributed by atoms with E-state index in [0.717, 1.165) is 0 Å². The maximum Gasteiger partial charge on any atom is 0.243 e. The van der Waals surface area contributed by atoms with Crippen molar-refractivity contribution < 1.29 is 27.4 Å². The van der Waals surface area contributed by atoms with Crippen molar-refractivity contribution in [2.45, 2.75) is 9.79 Å². The van der Waals surface area contributed by atoms with Crippen molar-refractivity contribution in [3.63, 3.8) is 0 Å². The number of nitrogens with one attached hydrogen (secondary N) is 2. The molecule has 0 unspecified atom stereocenters. The van der Waals surface area contributed by atoms with Gasteiger partial charge in [0.05, 0.1) is 29.1 Å². The number of ether oxygens (including phenoxy) is 3. The molecule has 8 nitrogen and oxygen atoms in total. The summed E-state index contributed by atoms with van der Waals surface area (Å²) in [5.41, 5.74) is 0.884. The van der Waals surface area contributed by atoms with Crippen molar-refractivity contribution in [1.82, 2.24) is 0 Å². The van der Waals surface area contributed by atoms with Gasteiger partial charge in [-0.3, -0.25) is 4.79 Å². The molecule has 1 aliphatic heterocycles. The quantitative estimate of drug-likeness (QED) is 0.581. The van der Waals surface area contributed by atoms with Gasteiger partial charge in [0.25, 0.3) is 0 Å². The Bertz CT molecular complexity index is 1210. The van der Waals surface area contributed by atoms with Crippen LogP contribution in [-0.2, 0) is 14.6 Å². The summed E-state index contributed by atoms with van der Waals surface area (Å²) in [5, 5.41) is 5.66. The van der Waals surface area contributed by atoms with Gasteiger partial charge in [0.15, 0.2) is 11.5 Å². The lowest BCUT2D eigenvalue weighted by molar-refractivity contribution is -0.114. The van der Waals surface area contributed by atoms with Crippen LogP contribution < -0.4 is 24.8 Å². The normalized spacial score (nSPS) is 12.3. The molecule has 4 rings (SSSR count). The van der Waals surface area contributed by atoms with Gasteiger partial charge in [-0.05, 0) is 48.5 Å². The molecule has 0 atom stereocenters. The third-order valence-corrected chi connectivity index (χ3v) is 6.47. The van der Waals surface area contributed by atoms with Crippen LogP contribution in [0.25, 0.3) is 0 Å². The molecule has 0 aliphatic carbocycles. The van der Waals surface area contributed by atoms with E-state index in [0.29, 0.717) is 28.6 Å². The number of methoxy groups -OCH3 is 1. The molecular weight excluding hydrogens is 420 g/mol. The number of hydrogen-bond acceptors (Lipinski definition) is 7. The Kier molecular flexibility index (Phi) is 5.68. The van der Waals surface area contributed by atoms with E-state index >= 15 is 0 Å². The van der Waals surface area contributed by atoms with E-state index in [4.69, 9.17) is 14.2 Å². The molecule has 2 N–H and O–H groups in total. The summed E-state index contributed by atoms with van der Waals surface area (Å²) in [6.07, 6.45) is 0. The first kappa shape index (κ1) is 20.5. The maximum absolute atomic E-state index is 13.1. The zero-order valence-electron chi connectivity index (χ0n) is 16.6. The summed E-state index contributed by atoms with van der Waals surface area (Å²) >= 11 is 0. The Labute approximate surface area is 179 Å². The van der Waals surface area contributed by atoms with Crippen molar-refractivity contribution in [3.8, 4) is 17.2 Å². The predicted molar refractivity (Wildman–Crippen MR) is 115 cm³/mol. The number of carbonyl (C=O) groups excluding carboxylic acids is 1. The van der Waals surface area contributed by atoms with Gasteiger partial charge in [-0.15, -0.1) is 0 Å². The van der Waals surface area contributed by atoms with Crippen molar-refractivity contribution in [2.24, 2.45) is 0 Å². The van der Waals surface area contributed by atoms with E-state index < -0.39 is 9.84 Å².